The third kappa shape index (κ3) is 5.92. The number of hydrogen-bond donors (Lipinski definition) is 3. The predicted molar refractivity (Wildman–Crippen MR) is 97.1 cm³/mol. The van der Waals surface area contributed by atoms with Gasteiger partial charge in [-0.2, -0.15) is 0 Å². The Balaban J connectivity index is 1.69. The van der Waals surface area contributed by atoms with Crippen molar-refractivity contribution in [3.8, 4) is 0 Å². The van der Waals surface area contributed by atoms with Crippen LogP contribution < -0.4 is 25.3 Å². The fourth-order valence-electron chi connectivity index (χ4n) is 2.73. The first-order valence-electron chi connectivity index (χ1n) is 8.12. The van der Waals surface area contributed by atoms with Crippen LogP contribution in [0.4, 0.5) is 5.82 Å². The van der Waals surface area contributed by atoms with E-state index in [1.807, 2.05) is 0 Å². The number of hydrogen-bond acceptors (Lipinski definition) is 16. The van der Waals surface area contributed by atoms with Crippen LogP contribution >= 0.6 is 21.9 Å². The van der Waals surface area contributed by atoms with Crippen molar-refractivity contribution < 1.29 is 52.5 Å². The lowest BCUT2D eigenvalue weighted by Crippen LogP contribution is -2.34. The molecule has 3 unspecified atom stereocenters. The number of anilines is 1. The molecule has 0 radical (unpaired) electrons. The quantitative estimate of drug-likeness (QED) is 0.282. The Hall–Kier alpha value is -0.900. The maximum absolute atomic E-state index is 12.0. The van der Waals surface area contributed by atoms with Gasteiger partial charge in [0, 0.05) is 5.90 Å². The van der Waals surface area contributed by atoms with Crippen molar-refractivity contribution in [2.75, 3.05) is 18.2 Å². The Morgan fingerprint density at radius 1 is 1.19 bits per heavy atom. The summed E-state index contributed by atoms with van der Waals surface area (Å²) in [5, 5.41) is 20.5. The highest BCUT2D eigenvalue weighted by Gasteiger charge is 2.44. The van der Waals surface area contributed by atoms with Crippen LogP contribution in [-0.4, -0.2) is 60.6 Å². The molecule has 2 aromatic rings. The highest BCUT2D eigenvalue weighted by molar-refractivity contribution is 8.08. The molecule has 0 saturated carbocycles. The number of fused-ring (bicyclic) bond motifs is 1. The first-order chi connectivity index (χ1) is 14.2. The molecule has 0 aromatic carbocycles. The number of rotatable bonds is 8. The fraction of sp³-hybridized carbons (Fsp3) is 0.545. The highest BCUT2D eigenvalue weighted by atomic mass is 32.5. The lowest BCUT2D eigenvalue weighted by molar-refractivity contribution is -0.312. The number of imidazole rings is 1. The van der Waals surface area contributed by atoms with Gasteiger partial charge >= 0.3 is 0 Å². The Bertz CT molecular complexity index is 1110. The third-order valence-electron chi connectivity index (χ3n) is 3.97. The fourth-order valence-corrected chi connectivity index (χ4v) is 7.93. The van der Waals surface area contributed by atoms with Crippen molar-refractivity contribution in [3.05, 3.63) is 12.7 Å². The number of aromatic nitrogens is 4. The van der Waals surface area contributed by atoms with Crippen molar-refractivity contribution in [2.24, 2.45) is 0 Å². The van der Waals surface area contributed by atoms with Gasteiger partial charge in [-0.1, -0.05) is 19.4 Å². The van der Waals surface area contributed by atoms with E-state index in [4.69, 9.17) is 10.5 Å². The second kappa shape index (κ2) is 8.80. The molecule has 0 amide bonds. The SMILES string of the molecule is Nc1ncnc2c1ncn2[C@@H]1O[C@H](COP([O-])(=S)OP(=O)([O-])CP(=O)([O-])[O-])[C@H](O)C1O. The molecular formula is C11H14N5O11P3S-4. The number of aliphatic hydroxyl groups excluding tert-OH is 2. The lowest BCUT2D eigenvalue weighted by atomic mass is 10.1. The van der Waals surface area contributed by atoms with Crippen LogP contribution in [0.2, 0.25) is 0 Å². The minimum atomic E-state index is -5.54. The molecule has 3 heterocycles. The van der Waals surface area contributed by atoms with E-state index in [1.165, 1.54) is 10.9 Å². The minimum absolute atomic E-state index is 0.0589. The summed E-state index contributed by atoms with van der Waals surface area (Å²) in [6, 6.07) is 0. The number of nitrogen functional groups attached to an aromatic ring is 1. The van der Waals surface area contributed by atoms with Gasteiger partial charge < -0.3 is 53.9 Å². The van der Waals surface area contributed by atoms with Crippen molar-refractivity contribution in [3.63, 3.8) is 0 Å². The summed E-state index contributed by atoms with van der Waals surface area (Å²) in [6.07, 6.45) is -3.41. The summed E-state index contributed by atoms with van der Waals surface area (Å²) in [5.74, 6) is -1.89. The first kappa shape index (κ1) is 24.7. The Morgan fingerprint density at radius 2 is 1.87 bits per heavy atom. The molecule has 1 fully saturated rings. The summed E-state index contributed by atoms with van der Waals surface area (Å²) in [6.45, 7) is -5.66. The number of aliphatic hydroxyl groups is 2. The predicted octanol–water partition coefficient (Wildman–Crippen LogP) is -3.93. The average molecular weight is 517 g/mol. The van der Waals surface area contributed by atoms with Crippen LogP contribution in [0.15, 0.2) is 12.7 Å². The molecule has 31 heavy (non-hydrogen) atoms. The normalized spacial score (nSPS) is 28.5. The molecule has 3 rings (SSSR count). The second-order valence-electron chi connectivity index (χ2n) is 6.32. The molecule has 0 bridgehead atoms. The topological polar surface area (TPSA) is 264 Å². The summed E-state index contributed by atoms with van der Waals surface area (Å²) >= 11 is 4.37. The molecule has 174 valence electrons. The summed E-state index contributed by atoms with van der Waals surface area (Å²) in [4.78, 5) is 56.4. The maximum atomic E-state index is 12.0. The van der Waals surface area contributed by atoms with Gasteiger partial charge in [-0.25, -0.2) is 15.0 Å². The van der Waals surface area contributed by atoms with Crippen molar-refractivity contribution >= 4 is 50.7 Å². The van der Waals surface area contributed by atoms with E-state index in [0.717, 1.165) is 6.33 Å². The van der Waals surface area contributed by atoms with Crippen LogP contribution in [0, 0.1) is 0 Å². The molecule has 1 aliphatic rings. The molecule has 1 saturated heterocycles. The van der Waals surface area contributed by atoms with Crippen LogP contribution in [0.1, 0.15) is 6.23 Å². The molecule has 16 nitrogen and oxygen atoms in total. The zero-order valence-corrected chi connectivity index (χ0v) is 18.6. The summed E-state index contributed by atoms with van der Waals surface area (Å²) < 4.78 is 37.5. The molecule has 20 heteroatoms. The number of nitrogens with two attached hydrogens (primary N) is 1. The van der Waals surface area contributed by atoms with Crippen LogP contribution in [0.3, 0.4) is 0 Å². The summed E-state index contributed by atoms with van der Waals surface area (Å²) in [7, 11) is -11.0. The lowest BCUT2D eigenvalue weighted by Gasteiger charge is -2.40. The van der Waals surface area contributed by atoms with Crippen molar-refractivity contribution in [1.82, 2.24) is 19.5 Å². The number of nitrogens with zero attached hydrogens (tertiary/aromatic N) is 4. The van der Waals surface area contributed by atoms with E-state index in [9.17, 15) is 38.9 Å². The van der Waals surface area contributed by atoms with Crippen LogP contribution in [0.25, 0.3) is 11.2 Å². The summed E-state index contributed by atoms with van der Waals surface area (Å²) in [5.41, 5.74) is 6.06. The first-order valence-corrected chi connectivity index (χ1v) is 14.1. The van der Waals surface area contributed by atoms with Gasteiger partial charge in [0.05, 0.1) is 12.9 Å². The van der Waals surface area contributed by atoms with E-state index in [0.29, 0.717) is 0 Å². The molecule has 6 atom stereocenters. The monoisotopic (exact) mass is 517 g/mol. The van der Waals surface area contributed by atoms with Gasteiger partial charge in [-0.3, -0.25) is 8.88 Å². The standard InChI is InChI=1S/C11H18N5O11P3S/c12-9-6-10(14-2-13-9)16(3-15-6)11-8(18)7(17)5(26-11)1-25-30(24,31)27-29(22,23)4-28(19,20)21/h2-3,5,7-8,11,17-18H,1,4H2,(H,22,23)(H,24,31)(H2,12,13,14)(H2,19,20,21)/p-4/t5-,7+,8?,11-,30?/m1/s1. The van der Waals surface area contributed by atoms with Gasteiger partial charge in [0.1, 0.15) is 44.5 Å². The Labute approximate surface area is 178 Å². The van der Waals surface area contributed by atoms with Crippen molar-refractivity contribution in [1.29, 1.82) is 0 Å². The van der Waals surface area contributed by atoms with E-state index >= 15 is 0 Å². The van der Waals surface area contributed by atoms with Crippen molar-refractivity contribution in [2.45, 2.75) is 24.5 Å². The smallest absolute Gasteiger partial charge is 0.167 e. The van der Waals surface area contributed by atoms with Crippen LogP contribution in [0.5, 0.6) is 0 Å². The molecular weight excluding hydrogens is 503 g/mol. The molecule has 0 aliphatic carbocycles. The van der Waals surface area contributed by atoms with Gasteiger partial charge in [-0.05, 0) is 0 Å². The van der Waals surface area contributed by atoms with Gasteiger partial charge in [-0.15, -0.1) is 0 Å². The zero-order valence-electron chi connectivity index (χ0n) is 15.1. The van der Waals surface area contributed by atoms with E-state index in [2.05, 4.69) is 35.6 Å². The average Bonchev–Trinajstić information content (AvgIpc) is 3.13. The molecule has 4 N–H and O–H groups in total. The maximum Gasteiger partial charge on any atom is 0.167 e. The zero-order chi connectivity index (χ0) is 23.2. The molecule has 0 spiro atoms. The van der Waals surface area contributed by atoms with E-state index in [-0.39, 0.29) is 17.0 Å². The Kier molecular flexibility index (Phi) is 7.02. The van der Waals surface area contributed by atoms with E-state index < -0.39 is 59.0 Å². The van der Waals surface area contributed by atoms with Crippen LogP contribution in [-0.2, 0) is 34.5 Å². The van der Waals surface area contributed by atoms with Gasteiger partial charge in [0.2, 0.25) is 0 Å². The Morgan fingerprint density at radius 3 is 2.52 bits per heavy atom. The highest BCUT2D eigenvalue weighted by Crippen LogP contribution is 2.59. The van der Waals surface area contributed by atoms with Gasteiger partial charge in [0.15, 0.2) is 17.7 Å². The minimum Gasteiger partial charge on any atom is -0.810 e. The third-order valence-corrected chi connectivity index (χ3v) is 9.91. The van der Waals surface area contributed by atoms with Gasteiger partial charge in [0.25, 0.3) is 0 Å². The molecule has 1 aliphatic heterocycles. The largest absolute Gasteiger partial charge is 0.810 e. The van der Waals surface area contributed by atoms with E-state index in [1.54, 1.807) is 0 Å². The number of ether oxygens (including phenoxy) is 1. The second-order valence-corrected chi connectivity index (χ2v) is 13.0. The molecule has 2 aromatic heterocycles.